The average Bonchev–Trinajstić information content (AvgIpc) is 2.96. The summed E-state index contributed by atoms with van der Waals surface area (Å²) in [5, 5.41) is 4.55. The molecule has 0 saturated carbocycles. The molecule has 3 aromatic rings. The molecule has 0 fully saturated rings. The van der Waals surface area contributed by atoms with E-state index in [1.165, 1.54) is 10.4 Å². The van der Waals surface area contributed by atoms with E-state index in [1.54, 1.807) is 30.6 Å². The molecule has 29 heavy (non-hydrogen) atoms. The summed E-state index contributed by atoms with van der Waals surface area (Å²) in [6.45, 7) is 0.874. The summed E-state index contributed by atoms with van der Waals surface area (Å²) in [6.07, 6.45) is 7.87. The van der Waals surface area contributed by atoms with Crippen molar-refractivity contribution in [2.45, 2.75) is 17.7 Å². The van der Waals surface area contributed by atoms with Crippen molar-refractivity contribution in [3.05, 3.63) is 72.6 Å². The summed E-state index contributed by atoms with van der Waals surface area (Å²) in [6, 6.07) is 14.7. The standard InChI is InChI=1S/C22H21N3O3S/c26-21(12-11-17-6-5-13-23-16-17)24-14-1-2-15-25-19-9-3-7-18-8-4-10-20(22(18)19)29(25,27)28/h3-13,16H,1-2,14-15H2,(H,24,26)/b12-11-. The number of carbonyl (C=O) groups is 1. The molecule has 0 spiro atoms. The first kappa shape index (κ1) is 19.1. The molecule has 6 nitrogen and oxygen atoms in total. The highest BCUT2D eigenvalue weighted by Crippen LogP contribution is 2.41. The molecule has 1 amide bonds. The lowest BCUT2D eigenvalue weighted by atomic mass is 10.1. The van der Waals surface area contributed by atoms with E-state index in [0.717, 1.165) is 22.0 Å². The van der Waals surface area contributed by atoms with Crippen LogP contribution in [0.4, 0.5) is 5.69 Å². The summed E-state index contributed by atoms with van der Waals surface area (Å²) in [4.78, 5) is 16.3. The Morgan fingerprint density at radius 3 is 2.69 bits per heavy atom. The van der Waals surface area contributed by atoms with Gasteiger partial charge in [-0.05, 0) is 48.1 Å². The Kier molecular flexibility index (Phi) is 5.31. The molecular formula is C22H21N3O3S. The van der Waals surface area contributed by atoms with Crippen LogP contribution in [0.1, 0.15) is 18.4 Å². The third kappa shape index (κ3) is 3.86. The van der Waals surface area contributed by atoms with Crippen LogP contribution < -0.4 is 9.62 Å². The van der Waals surface area contributed by atoms with Crippen molar-refractivity contribution >= 4 is 38.5 Å². The Morgan fingerprint density at radius 2 is 1.90 bits per heavy atom. The van der Waals surface area contributed by atoms with Crippen LogP contribution in [0, 0.1) is 0 Å². The summed E-state index contributed by atoms with van der Waals surface area (Å²) in [5.74, 6) is -0.181. The first-order valence-electron chi connectivity index (χ1n) is 9.48. The molecule has 2 heterocycles. The largest absolute Gasteiger partial charge is 0.353 e. The zero-order valence-corrected chi connectivity index (χ0v) is 16.6. The highest BCUT2D eigenvalue weighted by atomic mass is 32.2. The molecule has 1 aliphatic heterocycles. The van der Waals surface area contributed by atoms with Crippen LogP contribution in [0.15, 0.2) is 71.9 Å². The van der Waals surface area contributed by atoms with Crippen molar-refractivity contribution in [2.24, 2.45) is 0 Å². The molecule has 0 atom stereocenters. The maximum Gasteiger partial charge on any atom is 0.265 e. The highest BCUT2D eigenvalue weighted by molar-refractivity contribution is 7.93. The van der Waals surface area contributed by atoms with E-state index in [4.69, 9.17) is 0 Å². The molecule has 0 unspecified atom stereocenters. The average molecular weight is 407 g/mol. The smallest absolute Gasteiger partial charge is 0.265 e. The van der Waals surface area contributed by atoms with Crippen molar-refractivity contribution in [2.75, 3.05) is 17.4 Å². The van der Waals surface area contributed by atoms with Crippen molar-refractivity contribution in [1.29, 1.82) is 0 Å². The number of sulfonamides is 1. The van der Waals surface area contributed by atoms with Crippen molar-refractivity contribution in [3.63, 3.8) is 0 Å². The fourth-order valence-electron chi connectivity index (χ4n) is 3.50. The number of aromatic nitrogens is 1. The molecule has 1 aliphatic rings. The van der Waals surface area contributed by atoms with Crippen LogP contribution in [0.3, 0.4) is 0 Å². The van der Waals surface area contributed by atoms with Crippen LogP contribution in [0.5, 0.6) is 0 Å². The van der Waals surface area contributed by atoms with E-state index in [2.05, 4.69) is 10.3 Å². The topological polar surface area (TPSA) is 79.4 Å². The predicted molar refractivity (Wildman–Crippen MR) is 114 cm³/mol. The Bertz CT molecular complexity index is 1170. The Morgan fingerprint density at radius 1 is 1.07 bits per heavy atom. The minimum atomic E-state index is -3.51. The van der Waals surface area contributed by atoms with Gasteiger partial charge in [0.2, 0.25) is 5.91 Å². The molecule has 0 bridgehead atoms. The van der Waals surface area contributed by atoms with E-state index in [-0.39, 0.29) is 5.91 Å². The van der Waals surface area contributed by atoms with E-state index in [0.29, 0.717) is 30.8 Å². The van der Waals surface area contributed by atoms with Crippen molar-refractivity contribution in [1.82, 2.24) is 10.3 Å². The quantitative estimate of drug-likeness (QED) is 0.481. The van der Waals surface area contributed by atoms with Crippen LogP contribution >= 0.6 is 0 Å². The van der Waals surface area contributed by atoms with Gasteiger partial charge in [-0.3, -0.25) is 14.1 Å². The minimum absolute atomic E-state index is 0.181. The monoisotopic (exact) mass is 407 g/mol. The van der Waals surface area contributed by atoms with Gasteiger partial charge < -0.3 is 5.32 Å². The summed E-state index contributed by atoms with van der Waals surface area (Å²) in [7, 11) is -3.51. The normalized spacial score (nSPS) is 14.6. The van der Waals surface area contributed by atoms with E-state index in [1.807, 2.05) is 36.4 Å². The second-order valence-electron chi connectivity index (χ2n) is 6.83. The highest BCUT2D eigenvalue weighted by Gasteiger charge is 2.34. The molecule has 0 aliphatic carbocycles. The number of unbranched alkanes of at least 4 members (excludes halogenated alkanes) is 1. The first-order chi connectivity index (χ1) is 14.1. The van der Waals surface area contributed by atoms with Gasteiger partial charge in [-0.2, -0.15) is 0 Å². The summed E-state index contributed by atoms with van der Waals surface area (Å²) < 4.78 is 27.3. The number of anilines is 1. The maximum absolute atomic E-state index is 12.9. The van der Waals surface area contributed by atoms with Gasteiger partial charge in [0.25, 0.3) is 10.0 Å². The molecule has 0 saturated heterocycles. The van der Waals surface area contributed by atoms with Crippen LogP contribution in [0.2, 0.25) is 0 Å². The Hall–Kier alpha value is -3.19. The van der Waals surface area contributed by atoms with Gasteiger partial charge in [0.05, 0.1) is 10.6 Å². The van der Waals surface area contributed by atoms with Gasteiger partial charge in [-0.25, -0.2) is 8.42 Å². The van der Waals surface area contributed by atoms with E-state index < -0.39 is 10.0 Å². The number of benzene rings is 2. The Labute approximate surface area is 169 Å². The molecule has 0 radical (unpaired) electrons. The van der Waals surface area contributed by atoms with E-state index >= 15 is 0 Å². The Balaban J connectivity index is 1.31. The lowest BCUT2D eigenvalue weighted by Gasteiger charge is -2.18. The molecular weight excluding hydrogens is 386 g/mol. The number of carbonyl (C=O) groups excluding carboxylic acids is 1. The lowest BCUT2D eigenvalue weighted by Crippen LogP contribution is -2.29. The number of amides is 1. The molecule has 4 rings (SSSR count). The van der Waals surface area contributed by atoms with Crippen LogP contribution in [-0.2, 0) is 14.8 Å². The molecule has 1 aromatic heterocycles. The molecule has 148 valence electrons. The fourth-order valence-corrected chi connectivity index (χ4v) is 5.25. The second kappa shape index (κ2) is 8.05. The number of nitrogens with one attached hydrogen (secondary N) is 1. The van der Waals surface area contributed by atoms with Gasteiger partial charge in [-0.15, -0.1) is 0 Å². The number of hydrogen-bond acceptors (Lipinski definition) is 4. The van der Waals surface area contributed by atoms with Gasteiger partial charge in [0, 0.05) is 36.9 Å². The zero-order valence-electron chi connectivity index (χ0n) is 15.8. The fraction of sp³-hybridized carbons (Fsp3) is 0.182. The second-order valence-corrected chi connectivity index (χ2v) is 8.66. The predicted octanol–water partition coefficient (Wildman–Crippen LogP) is 3.35. The molecule has 1 N–H and O–H groups in total. The first-order valence-corrected chi connectivity index (χ1v) is 10.9. The lowest BCUT2D eigenvalue weighted by molar-refractivity contribution is -0.116. The van der Waals surface area contributed by atoms with Gasteiger partial charge in [0.15, 0.2) is 0 Å². The van der Waals surface area contributed by atoms with Gasteiger partial charge in [0.1, 0.15) is 0 Å². The number of rotatable bonds is 7. The summed E-state index contributed by atoms with van der Waals surface area (Å²) >= 11 is 0. The van der Waals surface area contributed by atoms with Crippen LogP contribution in [0.25, 0.3) is 16.8 Å². The third-order valence-corrected chi connectivity index (χ3v) is 6.74. The summed E-state index contributed by atoms with van der Waals surface area (Å²) in [5.41, 5.74) is 1.59. The van der Waals surface area contributed by atoms with E-state index in [9.17, 15) is 13.2 Å². The SMILES string of the molecule is O=C(/C=C\c1cccnc1)NCCCCN1c2cccc3cccc(c23)S1(=O)=O. The van der Waals surface area contributed by atoms with Crippen LogP contribution in [-0.4, -0.2) is 32.4 Å². The number of nitrogens with zero attached hydrogens (tertiary/aromatic N) is 2. The van der Waals surface area contributed by atoms with Gasteiger partial charge >= 0.3 is 0 Å². The van der Waals surface area contributed by atoms with Crippen molar-refractivity contribution < 1.29 is 13.2 Å². The third-order valence-electron chi connectivity index (χ3n) is 4.88. The number of pyridine rings is 1. The van der Waals surface area contributed by atoms with Gasteiger partial charge in [-0.1, -0.05) is 30.3 Å². The minimum Gasteiger partial charge on any atom is -0.353 e. The van der Waals surface area contributed by atoms with Crippen molar-refractivity contribution in [3.8, 4) is 0 Å². The zero-order chi connectivity index (χ0) is 20.3. The molecule has 2 aromatic carbocycles. The maximum atomic E-state index is 12.9. The molecule has 7 heteroatoms. The number of hydrogen-bond donors (Lipinski definition) is 1.